The van der Waals surface area contributed by atoms with Gasteiger partial charge in [0, 0.05) is 6.54 Å². The fraction of sp³-hybridized carbons (Fsp3) is 0.400. The van der Waals surface area contributed by atoms with Crippen LogP contribution in [0.15, 0.2) is 23.1 Å². The summed E-state index contributed by atoms with van der Waals surface area (Å²) >= 11 is 0. The van der Waals surface area contributed by atoms with Crippen molar-refractivity contribution < 1.29 is 8.42 Å². The smallest absolute Gasteiger partial charge is 0.178 e. The van der Waals surface area contributed by atoms with Crippen molar-refractivity contribution in [3.63, 3.8) is 0 Å². The lowest BCUT2D eigenvalue weighted by Crippen LogP contribution is -2.07. The van der Waals surface area contributed by atoms with E-state index in [4.69, 9.17) is 5.73 Å². The monoisotopic (exact) mass is 213 g/mol. The Morgan fingerprint density at radius 1 is 1.36 bits per heavy atom. The first-order valence-corrected chi connectivity index (χ1v) is 6.19. The SMILES string of the molecule is CCS(=O)(=O)c1ccc(CN)cc1C. The highest BCUT2D eigenvalue weighted by Gasteiger charge is 2.13. The molecule has 0 aliphatic heterocycles. The maximum Gasteiger partial charge on any atom is 0.178 e. The second-order valence-electron chi connectivity index (χ2n) is 3.21. The molecule has 0 bridgehead atoms. The van der Waals surface area contributed by atoms with Crippen molar-refractivity contribution in [1.29, 1.82) is 0 Å². The van der Waals surface area contributed by atoms with Gasteiger partial charge < -0.3 is 5.73 Å². The molecule has 1 aromatic carbocycles. The van der Waals surface area contributed by atoms with Crippen LogP contribution in [0.4, 0.5) is 0 Å². The van der Waals surface area contributed by atoms with E-state index in [2.05, 4.69) is 0 Å². The number of benzene rings is 1. The molecule has 0 fully saturated rings. The minimum Gasteiger partial charge on any atom is -0.326 e. The maximum absolute atomic E-state index is 11.6. The topological polar surface area (TPSA) is 60.2 Å². The molecule has 78 valence electrons. The molecule has 1 rings (SSSR count). The third-order valence-electron chi connectivity index (χ3n) is 2.19. The largest absolute Gasteiger partial charge is 0.326 e. The number of rotatable bonds is 3. The normalized spacial score (nSPS) is 11.6. The lowest BCUT2D eigenvalue weighted by molar-refractivity contribution is 0.596. The molecule has 2 N–H and O–H groups in total. The Kier molecular flexibility index (Phi) is 3.29. The fourth-order valence-corrected chi connectivity index (χ4v) is 2.48. The van der Waals surface area contributed by atoms with Gasteiger partial charge in [-0.1, -0.05) is 19.1 Å². The zero-order valence-electron chi connectivity index (χ0n) is 8.45. The van der Waals surface area contributed by atoms with Crippen molar-refractivity contribution in [1.82, 2.24) is 0 Å². The van der Waals surface area contributed by atoms with Crippen molar-refractivity contribution in [3.8, 4) is 0 Å². The lowest BCUT2D eigenvalue weighted by atomic mass is 10.1. The zero-order valence-corrected chi connectivity index (χ0v) is 9.26. The first-order valence-electron chi connectivity index (χ1n) is 4.53. The number of hydrogen-bond acceptors (Lipinski definition) is 3. The highest BCUT2D eigenvalue weighted by atomic mass is 32.2. The molecular weight excluding hydrogens is 198 g/mol. The molecule has 0 unspecified atom stereocenters. The minimum atomic E-state index is -3.09. The van der Waals surface area contributed by atoms with Gasteiger partial charge in [0.2, 0.25) is 0 Å². The van der Waals surface area contributed by atoms with Crippen molar-refractivity contribution in [2.24, 2.45) is 5.73 Å². The zero-order chi connectivity index (χ0) is 10.8. The van der Waals surface area contributed by atoms with Crippen LogP contribution in [0, 0.1) is 6.92 Å². The minimum absolute atomic E-state index is 0.135. The van der Waals surface area contributed by atoms with Crippen molar-refractivity contribution >= 4 is 9.84 Å². The summed E-state index contributed by atoms with van der Waals surface area (Å²) in [6.07, 6.45) is 0. The van der Waals surface area contributed by atoms with Crippen molar-refractivity contribution in [3.05, 3.63) is 29.3 Å². The van der Waals surface area contributed by atoms with E-state index in [1.165, 1.54) is 0 Å². The molecule has 0 saturated heterocycles. The third kappa shape index (κ3) is 2.13. The molecule has 14 heavy (non-hydrogen) atoms. The van der Waals surface area contributed by atoms with Gasteiger partial charge in [-0.3, -0.25) is 0 Å². The summed E-state index contributed by atoms with van der Waals surface area (Å²) in [5, 5.41) is 0. The molecule has 3 nitrogen and oxygen atoms in total. The fourth-order valence-electron chi connectivity index (χ4n) is 1.34. The Balaban J connectivity index is 3.26. The Morgan fingerprint density at radius 2 is 2.00 bits per heavy atom. The van der Waals surface area contributed by atoms with Gasteiger partial charge in [0.25, 0.3) is 0 Å². The Labute approximate surface area is 84.9 Å². The average Bonchev–Trinajstić information content (AvgIpc) is 2.17. The summed E-state index contributed by atoms with van der Waals surface area (Å²) < 4.78 is 23.2. The van der Waals surface area contributed by atoms with E-state index in [-0.39, 0.29) is 5.75 Å². The van der Waals surface area contributed by atoms with E-state index in [0.29, 0.717) is 11.4 Å². The molecule has 0 amide bonds. The van der Waals surface area contributed by atoms with Gasteiger partial charge >= 0.3 is 0 Å². The van der Waals surface area contributed by atoms with Crippen LogP contribution < -0.4 is 5.73 Å². The van der Waals surface area contributed by atoms with Crippen LogP contribution in [0.2, 0.25) is 0 Å². The van der Waals surface area contributed by atoms with Crippen LogP contribution in [-0.2, 0) is 16.4 Å². The molecule has 0 aliphatic carbocycles. The van der Waals surface area contributed by atoms with Gasteiger partial charge in [-0.25, -0.2) is 8.42 Å². The maximum atomic E-state index is 11.6. The molecule has 0 atom stereocenters. The van der Waals surface area contributed by atoms with Gasteiger partial charge in [-0.05, 0) is 24.1 Å². The Hall–Kier alpha value is -0.870. The van der Waals surface area contributed by atoms with Gasteiger partial charge in [0.05, 0.1) is 10.6 Å². The van der Waals surface area contributed by atoms with Crippen LogP contribution in [0.25, 0.3) is 0 Å². The quantitative estimate of drug-likeness (QED) is 0.822. The van der Waals surface area contributed by atoms with Gasteiger partial charge in [-0.15, -0.1) is 0 Å². The summed E-state index contributed by atoms with van der Waals surface area (Å²) in [6, 6.07) is 5.22. The summed E-state index contributed by atoms with van der Waals surface area (Å²) in [5.41, 5.74) is 7.19. The third-order valence-corrected chi connectivity index (χ3v) is 4.08. The van der Waals surface area contributed by atoms with Crippen LogP contribution in [-0.4, -0.2) is 14.2 Å². The number of aryl methyl sites for hydroxylation is 1. The van der Waals surface area contributed by atoms with Crippen LogP contribution in [0.3, 0.4) is 0 Å². The highest BCUT2D eigenvalue weighted by molar-refractivity contribution is 7.91. The molecule has 0 saturated carbocycles. The molecule has 0 heterocycles. The highest BCUT2D eigenvalue weighted by Crippen LogP contribution is 2.17. The van der Waals surface area contributed by atoms with Crippen LogP contribution in [0.5, 0.6) is 0 Å². The van der Waals surface area contributed by atoms with E-state index >= 15 is 0 Å². The second kappa shape index (κ2) is 4.11. The molecule has 0 radical (unpaired) electrons. The van der Waals surface area contributed by atoms with E-state index in [1.807, 2.05) is 6.07 Å². The van der Waals surface area contributed by atoms with E-state index in [0.717, 1.165) is 11.1 Å². The molecule has 1 aromatic rings. The number of nitrogens with two attached hydrogens (primary N) is 1. The first-order chi connectivity index (χ1) is 6.51. The van der Waals surface area contributed by atoms with Gasteiger partial charge in [0.15, 0.2) is 9.84 Å². The Bertz CT molecular complexity index is 424. The second-order valence-corrected chi connectivity index (χ2v) is 5.45. The predicted molar refractivity (Wildman–Crippen MR) is 56.8 cm³/mol. The Morgan fingerprint density at radius 3 is 2.43 bits per heavy atom. The predicted octanol–water partition coefficient (Wildman–Crippen LogP) is 1.25. The van der Waals surface area contributed by atoms with Gasteiger partial charge in [-0.2, -0.15) is 0 Å². The average molecular weight is 213 g/mol. The van der Waals surface area contributed by atoms with Crippen molar-refractivity contribution in [2.45, 2.75) is 25.3 Å². The number of sulfone groups is 1. The first kappa shape index (κ1) is 11.2. The van der Waals surface area contributed by atoms with Crippen LogP contribution >= 0.6 is 0 Å². The molecule has 0 aromatic heterocycles. The van der Waals surface area contributed by atoms with Crippen molar-refractivity contribution in [2.75, 3.05) is 5.75 Å². The summed E-state index contributed by atoms with van der Waals surface area (Å²) in [6.45, 7) is 3.88. The van der Waals surface area contributed by atoms with Crippen LogP contribution in [0.1, 0.15) is 18.1 Å². The van der Waals surface area contributed by atoms with E-state index < -0.39 is 9.84 Å². The van der Waals surface area contributed by atoms with E-state index in [9.17, 15) is 8.42 Å². The summed E-state index contributed by atoms with van der Waals surface area (Å²) in [7, 11) is -3.09. The molecular formula is C10H15NO2S. The van der Waals surface area contributed by atoms with E-state index in [1.54, 1.807) is 26.0 Å². The summed E-state index contributed by atoms with van der Waals surface area (Å²) in [5.74, 6) is 0.135. The molecule has 0 spiro atoms. The standard InChI is InChI=1S/C10H15NO2S/c1-3-14(12,13)10-5-4-9(7-11)6-8(10)2/h4-6H,3,7,11H2,1-2H3. The molecule has 4 heteroatoms. The lowest BCUT2D eigenvalue weighted by Gasteiger charge is -2.06. The summed E-state index contributed by atoms with van der Waals surface area (Å²) in [4.78, 5) is 0.414. The number of hydrogen-bond donors (Lipinski definition) is 1. The van der Waals surface area contributed by atoms with Gasteiger partial charge in [0.1, 0.15) is 0 Å². The molecule has 0 aliphatic rings.